The van der Waals surface area contributed by atoms with Crippen LogP contribution in [0.4, 0.5) is 4.39 Å². The minimum absolute atomic E-state index is 0.0464. The topological polar surface area (TPSA) is 54.1 Å². The van der Waals surface area contributed by atoms with E-state index in [-0.39, 0.29) is 23.3 Å². The van der Waals surface area contributed by atoms with E-state index in [1.807, 2.05) is 17.0 Å². The molecule has 176 valence electrons. The molecule has 2 aliphatic heterocycles. The van der Waals surface area contributed by atoms with Crippen LogP contribution in [0.1, 0.15) is 37.2 Å². The predicted octanol–water partition coefficient (Wildman–Crippen LogP) is 5.01. The lowest BCUT2D eigenvalue weighted by molar-refractivity contribution is -0.141. The highest BCUT2D eigenvalue weighted by atomic mass is 35.5. The Kier molecular flexibility index (Phi) is 6.79. The van der Waals surface area contributed by atoms with Gasteiger partial charge in [0.1, 0.15) is 30.5 Å². The Bertz CT molecular complexity index is 992. The van der Waals surface area contributed by atoms with Crippen molar-refractivity contribution in [3.05, 3.63) is 63.9 Å². The molecule has 1 aliphatic carbocycles. The van der Waals surface area contributed by atoms with Crippen LogP contribution in [-0.4, -0.2) is 48.9 Å². The zero-order valence-electron chi connectivity index (χ0n) is 18.2. The molecule has 1 amide bonds. The fourth-order valence-electron chi connectivity index (χ4n) is 4.76. The summed E-state index contributed by atoms with van der Waals surface area (Å²) in [6.07, 6.45) is 3.62. The van der Waals surface area contributed by atoms with Crippen LogP contribution in [0.5, 0.6) is 5.75 Å². The highest BCUT2D eigenvalue weighted by Gasteiger charge is 2.42. The van der Waals surface area contributed by atoms with Gasteiger partial charge in [-0.25, -0.2) is 4.39 Å². The quantitative estimate of drug-likeness (QED) is 0.551. The molecule has 2 aromatic rings. The summed E-state index contributed by atoms with van der Waals surface area (Å²) in [6.45, 7) is 1.96. The lowest BCUT2D eigenvalue weighted by Gasteiger charge is -2.42. The van der Waals surface area contributed by atoms with Crippen LogP contribution >= 0.6 is 23.2 Å². The van der Waals surface area contributed by atoms with Gasteiger partial charge < -0.3 is 14.4 Å². The molecule has 1 saturated carbocycles. The molecular weight excluding hydrogens is 466 g/mol. The number of epoxide rings is 1. The van der Waals surface area contributed by atoms with Crippen LogP contribution < -0.4 is 10.1 Å². The number of carbonyl (C=O) groups is 1. The molecule has 5 nitrogen and oxygen atoms in total. The summed E-state index contributed by atoms with van der Waals surface area (Å²) in [5.74, 6) is 0.774. The van der Waals surface area contributed by atoms with Gasteiger partial charge in [-0.1, -0.05) is 35.3 Å². The minimum Gasteiger partial charge on any atom is -0.491 e. The number of halogens is 3. The third kappa shape index (κ3) is 5.46. The van der Waals surface area contributed by atoms with Gasteiger partial charge in [-0.2, -0.15) is 0 Å². The van der Waals surface area contributed by atoms with Gasteiger partial charge >= 0.3 is 0 Å². The highest BCUT2D eigenvalue weighted by Crippen LogP contribution is 2.34. The third-order valence-corrected chi connectivity index (χ3v) is 7.46. The van der Waals surface area contributed by atoms with Crippen molar-refractivity contribution in [2.45, 2.75) is 50.0 Å². The van der Waals surface area contributed by atoms with Gasteiger partial charge in [-0.3, -0.25) is 10.1 Å². The zero-order valence-corrected chi connectivity index (χ0v) is 19.7. The number of hydrogen-bond acceptors (Lipinski definition) is 4. The van der Waals surface area contributed by atoms with Gasteiger partial charge in [0.2, 0.25) is 5.91 Å². The van der Waals surface area contributed by atoms with Gasteiger partial charge in [-0.15, -0.1) is 0 Å². The summed E-state index contributed by atoms with van der Waals surface area (Å²) in [6, 6.07) is 12.7. The second-order valence-corrected chi connectivity index (χ2v) is 10.0. The minimum atomic E-state index is -0.495. The highest BCUT2D eigenvalue weighted by molar-refractivity contribution is 6.30. The van der Waals surface area contributed by atoms with Crippen LogP contribution in [0.15, 0.2) is 42.5 Å². The number of benzene rings is 2. The summed E-state index contributed by atoms with van der Waals surface area (Å²) < 4.78 is 24.8. The Morgan fingerprint density at radius 1 is 1.09 bits per heavy atom. The third-order valence-electron chi connectivity index (χ3n) is 6.90. The molecular formula is C25H27Cl2FN2O3. The second-order valence-electron chi connectivity index (χ2n) is 9.19. The second kappa shape index (κ2) is 9.79. The maximum atomic E-state index is 13.5. The summed E-state index contributed by atoms with van der Waals surface area (Å²) in [5.41, 5.74) is 1.25. The number of carbonyl (C=O) groups excluding carboxylic acids is 1. The van der Waals surface area contributed by atoms with E-state index < -0.39 is 5.82 Å². The molecule has 0 radical (unpaired) electrons. The van der Waals surface area contributed by atoms with Crippen LogP contribution in [-0.2, 0) is 9.53 Å². The number of rotatable bonds is 7. The number of nitrogens with one attached hydrogen (secondary N) is 1. The van der Waals surface area contributed by atoms with Crippen LogP contribution in [0.2, 0.25) is 10.0 Å². The van der Waals surface area contributed by atoms with Crippen LogP contribution in [0.25, 0.3) is 0 Å². The van der Waals surface area contributed by atoms with Crippen molar-refractivity contribution >= 4 is 29.1 Å². The van der Waals surface area contributed by atoms with Crippen molar-refractivity contribution in [3.63, 3.8) is 0 Å². The Hall–Kier alpha value is -1.86. The summed E-state index contributed by atoms with van der Waals surface area (Å²) in [7, 11) is 0. The van der Waals surface area contributed by atoms with E-state index in [9.17, 15) is 9.18 Å². The van der Waals surface area contributed by atoms with Crippen LogP contribution in [0, 0.1) is 11.7 Å². The lowest BCUT2D eigenvalue weighted by Crippen LogP contribution is -2.51. The van der Waals surface area contributed by atoms with Crippen LogP contribution in [0.3, 0.4) is 0 Å². The molecule has 3 fully saturated rings. The van der Waals surface area contributed by atoms with Crippen molar-refractivity contribution in [1.29, 1.82) is 0 Å². The summed E-state index contributed by atoms with van der Waals surface area (Å²) in [5, 5.41) is 4.33. The molecule has 0 spiro atoms. The van der Waals surface area contributed by atoms with E-state index in [1.165, 1.54) is 17.7 Å². The first kappa shape index (κ1) is 22.9. The molecule has 0 aromatic heterocycles. The Morgan fingerprint density at radius 3 is 2.52 bits per heavy atom. The zero-order chi connectivity index (χ0) is 22.9. The molecule has 5 rings (SSSR count). The number of hydrogen-bond donors (Lipinski definition) is 1. The van der Waals surface area contributed by atoms with Gasteiger partial charge in [0.15, 0.2) is 0 Å². The average molecular weight is 493 g/mol. The maximum Gasteiger partial charge on any atom is 0.225 e. The van der Waals surface area contributed by atoms with Crippen molar-refractivity contribution in [3.8, 4) is 5.75 Å². The molecule has 2 atom stereocenters. The number of ether oxygens (including phenoxy) is 2. The summed E-state index contributed by atoms with van der Waals surface area (Å²) in [4.78, 5) is 14.9. The summed E-state index contributed by atoms with van der Waals surface area (Å²) >= 11 is 11.7. The Balaban J connectivity index is 0.996. The van der Waals surface area contributed by atoms with Crippen molar-refractivity contribution in [2.75, 3.05) is 19.7 Å². The fourth-order valence-corrected chi connectivity index (χ4v) is 5.01. The van der Waals surface area contributed by atoms with Gasteiger partial charge in [-0.05, 0) is 55.5 Å². The molecule has 2 unspecified atom stereocenters. The standard InChI is InChI=1S/C25H27Cl2FN2O3/c26-18-5-1-15(2-6-18)17-12-30(13-17)25(31)16-3-7-19(8-4-16)29-24-23(33-24)14-32-20-9-10-21(27)22(28)11-20/h1-2,5-6,9-11,16-17,19,23-24,29H,3-4,7-8,12-14H2. The van der Waals surface area contributed by atoms with Gasteiger partial charge in [0.05, 0.1) is 5.02 Å². The van der Waals surface area contributed by atoms with E-state index in [1.54, 1.807) is 6.07 Å². The SMILES string of the molecule is O=C(C1CCC(NC2OC2COc2ccc(Cl)c(F)c2)CC1)N1CC(c2ccc(Cl)cc2)C1. The monoisotopic (exact) mass is 492 g/mol. The molecule has 0 bridgehead atoms. The first-order valence-electron chi connectivity index (χ1n) is 11.5. The van der Waals surface area contributed by atoms with Crippen molar-refractivity contribution < 1.29 is 18.7 Å². The molecule has 3 aliphatic rings. The van der Waals surface area contributed by atoms with E-state index in [2.05, 4.69) is 17.4 Å². The van der Waals surface area contributed by atoms with E-state index in [0.29, 0.717) is 30.2 Å². The largest absolute Gasteiger partial charge is 0.491 e. The molecule has 2 saturated heterocycles. The van der Waals surface area contributed by atoms with Gasteiger partial charge in [0, 0.05) is 42.1 Å². The average Bonchev–Trinajstić information content (AvgIpc) is 3.53. The number of nitrogens with zero attached hydrogens (tertiary/aromatic N) is 1. The van der Waals surface area contributed by atoms with Gasteiger partial charge in [0.25, 0.3) is 0 Å². The predicted molar refractivity (Wildman–Crippen MR) is 125 cm³/mol. The molecule has 8 heteroatoms. The molecule has 2 heterocycles. The number of likely N-dealkylation sites (tertiary alicyclic amines) is 1. The van der Waals surface area contributed by atoms with E-state index in [4.69, 9.17) is 32.7 Å². The van der Waals surface area contributed by atoms with Crippen molar-refractivity contribution in [1.82, 2.24) is 10.2 Å². The number of amides is 1. The fraction of sp³-hybridized carbons (Fsp3) is 0.480. The lowest BCUT2D eigenvalue weighted by atomic mass is 9.83. The van der Waals surface area contributed by atoms with Crippen molar-refractivity contribution in [2.24, 2.45) is 5.92 Å². The first-order chi connectivity index (χ1) is 16.0. The normalized spacial score (nSPS) is 27.2. The Labute approximate surface area is 203 Å². The molecule has 33 heavy (non-hydrogen) atoms. The molecule has 2 aromatic carbocycles. The smallest absolute Gasteiger partial charge is 0.225 e. The molecule has 1 N–H and O–H groups in total. The maximum absolute atomic E-state index is 13.5. The van der Waals surface area contributed by atoms with E-state index in [0.717, 1.165) is 43.8 Å². The Morgan fingerprint density at radius 2 is 1.82 bits per heavy atom. The van der Waals surface area contributed by atoms with E-state index >= 15 is 0 Å². The first-order valence-corrected chi connectivity index (χ1v) is 12.3.